The van der Waals surface area contributed by atoms with Crippen molar-refractivity contribution in [2.24, 2.45) is 15.3 Å². The fourth-order valence-corrected chi connectivity index (χ4v) is 2.47. The van der Waals surface area contributed by atoms with Crippen molar-refractivity contribution in [1.82, 2.24) is 10.4 Å². The van der Waals surface area contributed by atoms with Crippen LogP contribution in [-0.4, -0.2) is 35.5 Å². The molecule has 0 unspecified atom stereocenters. The van der Waals surface area contributed by atoms with Crippen molar-refractivity contribution >= 4 is 45.8 Å². The van der Waals surface area contributed by atoms with Crippen LogP contribution in [0.1, 0.15) is 5.56 Å². The van der Waals surface area contributed by atoms with E-state index in [9.17, 15) is 9.50 Å². The van der Waals surface area contributed by atoms with Crippen LogP contribution in [-0.2, 0) is 0 Å². The number of thiocarbonyl (C=S) groups is 1. The molecular weight excluding hydrogens is 367 g/mol. The summed E-state index contributed by atoms with van der Waals surface area (Å²) in [5, 5.41) is 22.0. The van der Waals surface area contributed by atoms with Gasteiger partial charge in [0.25, 0.3) is 0 Å². The average molecular weight is 384 g/mol. The number of H-pyrrole nitrogens is 1. The summed E-state index contributed by atoms with van der Waals surface area (Å²) in [4.78, 5) is 4.69. The SMILES string of the molecule is CN(C)c1ccc(/C=N/NC(=S)N=Nc2c(O)[nH]c3ccc(F)cc23)cc1. The summed E-state index contributed by atoms with van der Waals surface area (Å²) in [6.07, 6.45) is 1.60. The number of aromatic nitrogens is 1. The normalized spacial score (nSPS) is 11.5. The van der Waals surface area contributed by atoms with Gasteiger partial charge in [-0.1, -0.05) is 12.1 Å². The highest BCUT2D eigenvalue weighted by Gasteiger charge is 2.11. The minimum absolute atomic E-state index is 0.00122. The number of anilines is 1. The molecule has 3 rings (SSSR count). The van der Waals surface area contributed by atoms with Crippen molar-refractivity contribution in [3.05, 3.63) is 53.8 Å². The number of hydrazone groups is 1. The smallest absolute Gasteiger partial charge is 0.234 e. The second-order valence-corrected chi connectivity index (χ2v) is 6.26. The summed E-state index contributed by atoms with van der Waals surface area (Å²) in [5.74, 6) is -0.657. The number of halogens is 1. The first-order valence-electron chi connectivity index (χ1n) is 7.96. The summed E-state index contributed by atoms with van der Waals surface area (Å²) in [6.45, 7) is 0. The van der Waals surface area contributed by atoms with Crippen LogP contribution in [0.2, 0.25) is 0 Å². The summed E-state index contributed by atoms with van der Waals surface area (Å²) < 4.78 is 13.4. The molecule has 0 aliphatic rings. The Labute approximate surface area is 160 Å². The van der Waals surface area contributed by atoms with E-state index >= 15 is 0 Å². The maximum absolute atomic E-state index is 13.4. The van der Waals surface area contributed by atoms with Gasteiger partial charge in [0.15, 0.2) is 5.69 Å². The van der Waals surface area contributed by atoms with E-state index in [1.54, 1.807) is 6.21 Å². The Morgan fingerprint density at radius 3 is 2.67 bits per heavy atom. The Hall–Kier alpha value is -3.33. The van der Waals surface area contributed by atoms with Gasteiger partial charge in [0.2, 0.25) is 11.0 Å². The molecule has 0 spiro atoms. The predicted octanol–water partition coefficient (Wildman–Crippen LogP) is 4.07. The lowest BCUT2D eigenvalue weighted by Crippen LogP contribution is -2.11. The van der Waals surface area contributed by atoms with Crippen molar-refractivity contribution in [2.75, 3.05) is 19.0 Å². The number of rotatable bonds is 4. The van der Waals surface area contributed by atoms with Gasteiger partial charge in [0, 0.05) is 25.2 Å². The lowest BCUT2D eigenvalue weighted by molar-refractivity contribution is 0.459. The standard InChI is InChI=1S/C18H17FN6OS/c1-25(2)13-6-3-11(4-7-13)10-20-23-18(27)24-22-16-14-9-12(19)5-8-15(14)21-17(16)26/h3-10,21,26H,1-2H3,(H,23,27)/b20-10+,24-22?. The van der Waals surface area contributed by atoms with Gasteiger partial charge in [0.05, 0.1) is 11.7 Å². The Morgan fingerprint density at radius 2 is 1.96 bits per heavy atom. The summed E-state index contributed by atoms with van der Waals surface area (Å²) in [7, 11) is 3.93. The van der Waals surface area contributed by atoms with Gasteiger partial charge in [-0.2, -0.15) is 5.10 Å². The fraction of sp³-hybridized carbons (Fsp3) is 0.111. The molecule has 7 nitrogen and oxygen atoms in total. The maximum atomic E-state index is 13.4. The van der Waals surface area contributed by atoms with Gasteiger partial charge in [-0.25, -0.2) is 4.39 Å². The second-order valence-electron chi connectivity index (χ2n) is 5.87. The van der Waals surface area contributed by atoms with Crippen molar-refractivity contribution in [2.45, 2.75) is 0 Å². The van der Waals surface area contributed by atoms with E-state index in [-0.39, 0.29) is 16.7 Å². The minimum Gasteiger partial charge on any atom is -0.493 e. The molecule has 1 aromatic heterocycles. The molecule has 1 heterocycles. The average Bonchev–Trinajstić information content (AvgIpc) is 2.95. The number of azo groups is 1. The zero-order valence-corrected chi connectivity index (χ0v) is 15.5. The summed E-state index contributed by atoms with van der Waals surface area (Å²) in [5.41, 5.74) is 5.19. The third-order valence-electron chi connectivity index (χ3n) is 3.74. The highest BCUT2D eigenvalue weighted by atomic mass is 32.1. The van der Waals surface area contributed by atoms with Crippen LogP contribution >= 0.6 is 12.2 Å². The molecule has 138 valence electrons. The molecule has 2 aromatic carbocycles. The molecule has 0 saturated heterocycles. The van der Waals surface area contributed by atoms with E-state index in [0.29, 0.717) is 10.9 Å². The molecule has 0 amide bonds. The highest BCUT2D eigenvalue weighted by Crippen LogP contribution is 2.35. The maximum Gasteiger partial charge on any atom is 0.234 e. The first-order valence-corrected chi connectivity index (χ1v) is 8.37. The van der Waals surface area contributed by atoms with E-state index in [2.05, 4.69) is 25.7 Å². The Morgan fingerprint density at radius 1 is 1.22 bits per heavy atom. The van der Waals surface area contributed by atoms with Gasteiger partial charge >= 0.3 is 0 Å². The van der Waals surface area contributed by atoms with Crippen LogP contribution in [0.25, 0.3) is 10.9 Å². The zero-order valence-electron chi connectivity index (χ0n) is 14.6. The van der Waals surface area contributed by atoms with E-state index < -0.39 is 5.82 Å². The lowest BCUT2D eigenvalue weighted by atomic mass is 10.2. The van der Waals surface area contributed by atoms with Gasteiger partial charge < -0.3 is 15.0 Å². The summed E-state index contributed by atoms with van der Waals surface area (Å²) in [6, 6.07) is 11.8. The van der Waals surface area contributed by atoms with Crippen LogP contribution < -0.4 is 10.3 Å². The quantitative estimate of drug-likeness (QED) is 0.274. The first kappa shape index (κ1) is 18.5. The Bertz CT molecular complexity index is 1030. The molecule has 3 aromatic rings. The number of nitrogens with one attached hydrogen (secondary N) is 2. The van der Waals surface area contributed by atoms with Crippen molar-refractivity contribution in [3.8, 4) is 5.88 Å². The topological polar surface area (TPSA) is 88.4 Å². The zero-order chi connectivity index (χ0) is 19.4. The molecule has 9 heteroatoms. The van der Waals surface area contributed by atoms with Crippen LogP contribution in [0.4, 0.5) is 15.8 Å². The van der Waals surface area contributed by atoms with Crippen LogP contribution in [0, 0.1) is 5.82 Å². The van der Waals surface area contributed by atoms with Gasteiger partial charge in [-0.15, -0.1) is 10.2 Å². The summed E-state index contributed by atoms with van der Waals surface area (Å²) >= 11 is 5.03. The predicted molar refractivity (Wildman–Crippen MR) is 109 cm³/mol. The van der Waals surface area contributed by atoms with E-state index in [1.165, 1.54) is 18.2 Å². The highest BCUT2D eigenvalue weighted by molar-refractivity contribution is 7.80. The number of nitrogens with zero attached hydrogens (tertiary/aromatic N) is 4. The van der Waals surface area contributed by atoms with Gasteiger partial charge in [0.1, 0.15) is 5.82 Å². The largest absolute Gasteiger partial charge is 0.493 e. The molecule has 0 radical (unpaired) electrons. The third-order valence-corrected chi connectivity index (χ3v) is 3.91. The fourth-order valence-electron chi connectivity index (χ4n) is 2.38. The molecule has 0 aliphatic heterocycles. The van der Waals surface area contributed by atoms with E-state index in [1.807, 2.05) is 43.3 Å². The molecular formula is C18H17FN6OS. The number of fused-ring (bicyclic) bond motifs is 1. The molecule has 3 N–H and O–H groups in total. The van der Waals surface area contributed by atoms with Crippen LogP contribution in [0.15, 0.2) is 57.8 Å². The number of aromatic hydroxyl groups is 1. The molecule has 0 aliphatic carbocycles. The third kappa shape index (κ3) is 4.45. The van der Waals surface area contributed by atoms with Crippen LogP contribution in [0.3, 0.4) is 0 Å². The molecule has 0 bridgehead atoms. The Kier molecular flexibility index (Phi) is 5.41. The number of hydrogen-bond donors (Lipinski definition) is 3. The lowest BCUT2D eigenvalue weighted by Gasteiger charge is -2.11. The number of aromatic amines is 1. The molecule has 0 saturated carbocycles. The molecule has 0 atom stereocenters. The number of hydrogen-bond acceptors (Lipinski definition) is 5. The minimum atomic E-state index is -0.441. The second kappa shape index (κ2) is 7.92. The number of benzene rings is 2. The van der Waals surface area contributed by atoms with Gasteiger partial charge in [-0.3, -0.25) is 5.43 Å². The van der Waals surface area contributed by atoms with Crippen LogP contribution in [0.5, 0.6) is 5.88 Å². The van der Waals surface area contributed by atoms with Crippen molar-refractivity contribution in [1.29, 1.82) is 0 Å². The Balaban J connectivity index is 1.65. The first-order chi connectivity index (χ1) is 12.9. The van der Waals surface area contributed by atoms with E-state index in [4.69, 9.17) is 12.2 Å². The molecule has 27 heavy (non-hydrogen) atoms. The van der Waals surface area contributed by atoms with E-state index in [0.717, 1.165) is 11.3 Å². The van der Waals surface area contributed by atoms with Crippen molar-refractivity contribution < 1.29 is 9.50 Å². The molecule has 0 fully saturated rings. The monoisotopic (exact) mass is 384 g/mol. The van der Waals surface area contributed by atoms with Gasteiger partial charge in [-0.05, 0) is 48.1 Å². The van der Waals surface area contributed by atoms with Crippen molar-refractivity contribution in [3.63, 3.8) is 0 Å².